The van der Waals surface area contributed by atoms with E-state index >= 15 is 0 Å². The summed E-state index contributed by atoms with van der Waals surface area (Å²) in [7, 11) is 0. The molecule has 0 aliphatic rings. The SMILES string of the molecule is c1ccc(-c2nc(-c3ccc4oc5cc(-n6c7cc8ccccc8cc7c7c8ccccc8ccc76)c6ccccc6c5c4c3)nc(-c3cccc4sc5ccccc5c34)n2)cc1. The average molecular weight is 821 g/mol. The molecule has 0 saturated heterocycles. The number of nitrogens with zero attached hydrogens (tertiary/aromatic N) is 4. The van der Waals surface area contributed by atoms with Crippen molar-refractivity contribution in [3.63, 3.8) is 0 Å². The van der Waals surface area contributed by atoms with Gasteiger partial charge in [0.05, 0.1) is 16.7 Å². The molecule has 0 bridgehead atoms. The van der Waals surface area contributed by atoms with Crippen LogP contribution in [0.5, 0.6) is 0 Å². The number of hydrogen-bond donors (Lipinski definition) is 0. The monoisotopic (exact) mass is 820 g/mol. The molecule has 0 spiro atoms. The Kier molecular flexibility index (Phi) is 7.21. The van der Waals surface area contributed by atoms with Gasteiger partial charge >= 0.3 is 0 Å². The number of rotatable bonds is 4. The van der Waals surface area contributed by atoms with Crippen LogP contribution < -0.4 is 0 Å². The molecular weight excluding hydrogens is 789 g/mol. The molecular formula is C57H32N4OS. The fraction of sp³-hybridized carbons (Fsp3) is 0. The number of thiophene rings is 1. The van der Waals surface area contributed by atoms with E-state index in [1.807, 2.05) is 18.2 Å². The summed E-state index contributed by atoms with van der Waals surface area (Å²) in [5, 5.41) is 14.1. The van der Waals surface area contributed by atoms with Gasteiger partial charge in [-0.25, -0.2) is 15.0 Å². The molecule has 4 aromatic heterocycles. The highest BCUT2D eigenvalue weighted by molar-refractivity contribution is 7.25. The zero-order valence-corrected chi connectivity index (χ0v) is 34.4. The minimum absolute atomic E-state index is 0.609. The highest BCUT2D eigenvalue weighted by Gasteiger charge is 2.22. The minimum Gasteiger partial charge on any atom is -0.456 e. The maximum Gasteiger partial charge on any atom is 0.164 e. The van der Waals surface area contributed by atoms with Gasteiger partial charge in [-0.05, 0) is 75.5 Å². The second-order valence-corrected chi connectivity index (χ2v) is 17.4. The second kappa shape index (κ2) is 13.2. The zero-order valence-electron chi connectivity index (χ0n) is 33.6. The van der Waals surface area contributed by atoms with Crippen LogP contribution in [-0.2, 0) is 0 Å². The van der Waals surface area contributed by atoms with Gasteiger partial charge in [0, 0.05) is 69.9 Å². The molecule has 0 fully saturated rings. The van der Waals surface area contributed by atoms with E-state index in [1.54, 1.807) is 11.3 Å². The Hall–Kier alpha value is -8.19. The number of aromatic nitrogens is 4. The van der Waals surface area contributed by atoms with Crippen molar-refractivity contribution >= 4 is 108 Å². The highest BCUT2D eigenvalue weighted by atomic mass is 32.1. The first kappa shape index (κ1) is 34.5. The Morgan fingerprint density at radius 2 is 1.05 bits per heavy atom. The van der Waals surface area contributed by atoms with Crippen molar-refractivity contribution in [2.24, 2.45) is 0 Å². The fourth-order valence-electron chi connectivity index (χ4n) is 9.98. The Morgan fingerprint density at radius 1 is 0.365 bits per heavy atom. The molecule has 14 aromatic rings. The summed E-state index contributed by atoms with van der Waals surface area (Å²) in [5.41, 5.74) is 7.85. The molecule has 0 radical (unpaired) electrons. The Labute approximate surface area is 363 Å². The lowest BCUT2D eigenvalue weighted by atomic mass is 10.0. The molecule has 5 nitrogen and oxygen atoms in total. The third kappa shape index (κ3) is 5.13. The zero-order chi connectivity index (χ0) is 41.2. The quantitative estimate of drug-likeness (QED) is 0.177. The lowest BCUT2D eigenvalue weighted by Gasteiger charge is -2.13. The first-order valence-electron chi connectivity index (χ1n) is 21.2. The van der Waals surface area contributed by atoms with Gasteiger partial charge in [-0.15, -0.1) is 11.3 Å². The van der Waals surface area contributed by atoms with Crippen LogP contribution in [0.1, 0.15) is 0 Å². The van der Waals surface area contributed by atoms with E-state index in [4.69, 9.17) is 19.4 Å². The minimum atomic E-state index is 0.609. The summed E-state index contributed by atoms with van der Waals surface area (Å²) in [5.74, 6) is 1.88. The van der Waals surface area contributed by atoms with Gasteiger partial charge in [0.25, 0.3) is 0 Å². The van der Waals surface area contributed by atoms with Crippen LogP contribution >= 0.6 is 11.3 Å². The van der Waals surface area contributed by atoms with Crippen LogP contribution in [0.25, 0.3) is 136 Å². The summed E-state index contributed by atoms with van der Waals surface area (Å²) in [4.78, 5) is 15.6. The summed E-state index contributed by atoms with van der Waals surface area (Å²) in [6.07, 6.45) is 0. The summed E-state index contributed by atoms with van der Waals surface area (Å²) in [6.45, 7) is 0. The van der Waals surface area contributed by atoms with E-state index in [2.05, 4.69) is 180 Å². The van der Waals surface area contributed by atoms with Crippen molar-refractivity contribution in [1.82, 2.24) is 19.5 Å². The third-order valence-electron chi connectivity index (χ3n) is 12.8. The molecule has 0 atom stereocenters. The number of benzene rings is 10. The molecule has 6 heteroatoms. The van der Waals surface area contributed by atoms with E-state index in [-0.39, 0.29) is 0 Å². The number of furan rings is 1. The van der Waals surface area contributed by atoms with Crippen LogP contribution in [0.15, 0.2) is 199 Å². The van der Waals surface area contributed by atoms with Crippen LogP contribution in [0.2, 0.25) is 0 Å². The van der Waals surface area contributed by atoms with E-state index in [0.29, 0.717) is 17.5 Å². The molecule has 14 rings (SSSR count). The van der Waals surface area contributed by atoms with Crippen molar-refractivity contribution in [3.05, 3.63) is 194 Å². The van der Waals surface area contributed by atoms with E-state index < -0.39 is 0 Å². The van der Waals surface area contributed by atoms with Crippen LogP contribution in [0.4, 0.5) is 0 Å². The van der Waals surface area contributed by atoms with Crippen molar-refractivity contribution < 1.29 is 4.42 Å². The molecule has 0 amide bonds. The third-order valence-corrected chi connectivity index (χ3v) is 13.9. The first-order chi connectivity index (χ1) is 31.2. The molecule has 0 unspecified atom stereocenters. The molecule has 0 aliphatic carbocycles. The summed E-state index contributed by atoms with van der Waals surface area (Å²) < 4.78 is 11.7. The van der Waals surface area contributed by atoms with Crippen LogP contribution in [0.3, 0.4) is 0 Å². The van der Waals surface area contributed by atoms with Crippen LogP contribution in [-0.4, -0.2) is 19.5 Å². The predicted molar refractivity (Wildman–Crippen MR) is 263 cm³/mol. The van der Waals surface area contributed by atoms with E-state index in [9.17, 15) is 0 Å². The van der Waals surface area contributed by atoms with Gasteiger partial charge in [-0.1, -0.05) is 140 Å². The molecule has 63 heavy (non-hydrogen) atoms. The maximum atomic E-state index is 6.86. The summed E-state index contributed by atoms with van der Waals surface area (Å²) >= 11 is 1.79. The lowest BCUT2D eigenvalue weighted by molar-refractivity contribution is 0.669. The number of hydrogen-bond acceptors (Lipinski definition) is 5. The van der Waals surface area contributed by atoms with Gasteiger partial charge in [-0.2, -0.15) is 0 Å². The Morgan fingerprint density at radius 3 is 1.90 bits per heavy atom. The molecule has 0 saturated carbocycles. The normalized spacial score (nSPS) is 12.1. The standard InChI is InChI=1S/C57H32N4OS/c1-2-14-34(15-3-1)55-58-56(60-57(59-55)42-22-12-24-51-54(42)41-21-10-11-23-50(41)63-51)37-26-28-48-44(30-37)53-40-20-9-8-19-39(40)47(32-49(53)62-48)61-45-27-25-33-13-6-7-18-38(33)52(45)43-29-35-16-4-5-17-36(35)31-46(43)61/h1-32H. The van der Waals surface area contributed by atoms with Gasteiger partial charge in [0.2, 0.25) is 0 Å². The van der Waals surface area contributed by atoms with Crippen LogP contribution in [0, 0.1) is 0 Å². The van der Waals surface area contributed by atoms with Crippen molar-refractivity contribution in [2.75, 3.05) is 0 Å². The van der Waals surface area contributed by atoms with Gasteiger partial charge in [0.1, 0.15) is 11.2 Å². The maximum absolute atomic E-state index is 6.86. The second-order valence-electron chi connectivity index (χ2n) is 16.3. The topological polar surface area (TPSA) is 56.7 Å². The fourth-order valence-corrected chi connectivity index (χ4v) is 11.1. The summed E-state index contributed by atoms with van der Waals surface area (Å²) in [6, 6.07) is 69.1. The van der Waals surface area contributed by atoms with Crippen molar-refractivity contribution in [2.45, 2.75) is 0 Å². The molecule has 292 valence electrons. The van der Waals surface area contributed by atoms with Crippen molar-refractivity contribution in [1.29, 1.82) is 0 Å². The highest BCUT2D eigenvalue weighted by Crippen LogP contribution is 2.45. The number of fused-ring (bicyclic) bond motifs is 14. The Bertz CT molecular complexity index is 4220. The van der Waals surface area contributed by atoms with Gasteiger partial charge in [-0.3, -0.25) is 0 Å². The Balaban J connectivity index is 1.01. The lowest BCUT2D eigenvalue weighted by Crippen LogP contribution is -2.00. The van der Waals surface area contributed by atoms with Gasteiger partial charge in [0.15, 0.2) is 17.5 Å². The smallest absolute Gasteiger partial charge is 0.164 e. The van der Waals surface area contributed by atoms with E-state index in [0.717, 1.165) is 71.5 Å². The predicted octanol–water partition coefficient (Wildman–Crippen LogP) is 15.7. The van der Waals surface area contributed by atoms with E-state index in [1.165, 1.54) is 47.1 Å². The first-order valence-corrected chi connectivity index (χ1v) is 22.0. The van der Waals surface area contributed by atoms with Crippen molar-refractivity contribution in [3.8, 4) is 39.9 Å². The molecule has 0 aliphatic heterocycles. The average Bonchev–Trinajstić information content (AvgIpc) is 4.02. The largest absolute Gasteiger partial charge is 0.456 e. The molecule has 10 aromatic carbocycles. The van der Waals surface area contributed by atoms with Gasteiger partial charge < -0.3 is 8.98 Å². The molecule has 0 N–H and O–H groups in total. The molecule has 4 heterocycles.